The van der Waals surface area contributed by atoms with Gasteiger partial charge < -0.3 is 14.7 Å². The molecule has 1 aromatic carbocycles. The molecule has 0 aromatic heterocycles. The molecule has 1 aromatic rings. The number of likely N-dealkylation sites (tertiary alicyclic amines) is 1. The Labute approximate surface area is 126 Å². The van der Waals surface area contributed by atoms with Crippen LogP contribution in [0.25, 0.3) is 5.57 Å². The second-order valence-corrected chi connectivity index (χ2v) is 5.53. The number of amides is 1. The van der Waals surface area contributed by atoms with E-state index >= 15 is 0 Å². The molecule has 1 unspecified atom stereocenters. The summed E-state index contributed by atoms with van der Waals surface area (Å²) in [7, 11) is 1.63. The van der Waals surface area contributed by atoms with Crippen molar-refractivity contribution < 1.29 is 14.6 Å². The van der Waals surface area contributed by atoms with Crippen molar-refractivity contribution >= 4 is 11.5 Å². The molecule has 0 spiro atoms. The molecule has 0 aliphatic carbocycles. The Kier molecular flexibility index (Phi) is 5.39. The maximum absolute atomic E-state index is 12.3. The Bertz CT molecular complexity index is 525. The third-order valence-corrected chi connectivity index (χ3v) is 3.95. The van der Waals surface area contributed by atoms with Gasteiger partial charge in [0.15, 0.2) is 0 Å². The third kappa shape index (κ3) is 4.08. The number of aliphatic hydroxyl groups is 1. The fourth-order valence-corrected chi connectivity index (χ4v) is 2.64. The molecule has 0 bridgehead atoms. The average Bonchev–Trinajstić information content (AvgIpc) is 2.54. The number of nitrogens with zero attached hydrogens (tertiary/aromatic N) is 1. The minimum Gasteiger partial charge on any atom is -0.497 e. The molecule has 1 N–H and O–H groups in total. The van der Waals surface area contributed by atoms with Crippen LogP contribution in [0.5, 0.6) is 5.75 Å². The first kappa shape index (κ1) is 15.6. The molecule has 1 fully saturated rings. The molecule has 1 saturated heterocycles. The lowest BCUT2D eigenvalue weighted by atomic mass is 9.98. The maximum atomic E-state index is 12.3. The lowest BCUT2D eigenvalue weighted by molar-refractivity contribution is -0.128. The topological polar surface area (TPSA) is 49.8 Å². The van der Waals surface area contributed by atoms with Crippen molar-refractivity contribution in [2.75, 3.05) is 26.8 Å². The van der Waals surface area contributed by atoms with Crippen molar-refractivity contribution in [3.05, 3.63) is 35.9 Å². The number of benzene rings is 1. The van der Waals surface area contributed by atoms with Crippen molar-refractivity contribution in [2.45, 2.75) is 19.8 Å². The number of rotatable bonds is 4. The fraction of sp³-hybridized carbons (Fsp3) is 0.471. The lowest BCUT2D eigenvalue weighted by Gasteiger charge is -2.31. The van der Waals surface area contributed by atoms with E-state index in [1.165, 1.54) is 0 Å². The van der Waals surface area contributed by atoms with Gasteiger partial charge in [0.2, 0.25) is 5.91 Å². The molecular formula is C17H23NO3. The van der Waals surface area contributed by atoms with Crippen molar-refractivity contribution in [3.63, 3.8) is 0 Å². The largest absolute Gasteiger partial charge is 0.497 e. The Balaban J connectivity index is 2.08. The first-order valence-electron chi connectivity index (χ1n) is 7.36. The highest BCUT2D eigenvalue weighted by molar-refractivity contribution is 5.95. The van der Waals surface area contributed by atoms with E-state index in [9.17, 15) is 9.90 Å². The number of piperidine rings is 1. The van der Waals surface area contributed by atoms with Crippen LogP contribution in [-0.2, 0) is 4.79 Å². The van der Waals surface area contributed by atoms with Crippen molar-refractivity contribution in [1.82, 2.24) is 4.90 Å². The highest BCUT2D eigenvalue weighted by atomic mass is 16.5. The third-order valence-electron chi connectivity index (χ3n) is 3.95. The van der Waals surface area contributed by atoms with Crippen LogP contribution in [0.2, 0.25) is 0 Å². The summed E-state index contributed by atoms with van der Waals surface area (Å²) in [5.41, 5.74) is 1.91. The molecule has 21 heavy (non-hydrogen) atoms. The van der Waals surface area contributed by atoms with Crippen LogP contribution in [0.15, 0.2) is 30.3 Å². The number of carbonyl (C=O) groups excluding carboxylic acids is 1. The van der Waals surface area contributed by atoms with E-state index < -0.39 is 0 Å². The van der Waals surface area contributed by atoms with E-state index in [-0.39, 0.29) is 18.4 Å². The van der Waals surface area contributed by atoms with Gasteiger partial charge in [0.05, 0.1) is 7.11 Å². The van der Waals surface area contributed by atoms with Crippen LogP contribution in [-0.4, -0.2) is 42.7 Å². The summed E-state index contributed by atoms with van der Waals surface area (Å²) in [5.74, 6) is 1.02. The smallest absolute Gasteiger partial charge is 0.246 e. The van der Waals surface area contributed by atoms with Gasteiger partial charge in [-0.1, -0.05) is 12.1 Å². The molecule has 1 amide bonds. The van der Waals surface area contributed by atoms with E-state index in [4.69, 9.17) is 4.74 Å². The molecule has 4 nitrogen and oxygen atoms in total. The highest BCUT2D eigenvalue weighted by Crippen LogP contribution is 2.21. The number of ether oxygens (including phenoxy) is 1. The van der Waals surface area contributed by atoms with Gasteiger partial charge in [-0.2, -0.15) is 0 Å². The van der Waals surface area contributed by atoms with E-state index in [1.807, 2.05) is 36.1 Å². The summed E-state index contributed by atoms with van der Waals surface area (Å²) >= 11 is 0. The molecule has 1 heterocycles. The molecule has 2 rings (SSSR count). The summed E-state index contributed by atoms with van der Waals surface area (Å²) in [6.07, 6.45) is 3.64. The fourth-order valence-electron chi connectivity index (χ4n) is 2.64. The van der Waals surface area contributed by atoms with Crippen molar-refractivity contribution in [2.24, 2.45) is 5.92 Å². The molecule has 1 atom stereocenters. The van der Waals surface area contributed by atoms with E-state index in [0.717, 1.165) is 36.3 Å². The quantitative estimate of drug-likeness (QED) is 0.866. The lowest BCUT2D eigenvalue weighted by Crippen LogP contribution is -2.40. The summed E-state index contributed by atoms with van der Waals surface area (Å²) in [6.45, 7) is 3.51. The molecule has 114 valence electrons. The minimum absolute atomic E-state index is 0.0217. The molecule has 0 radical (unpaired) electrons. The number of aliphatic hydroxyl groups excluding tert-OH is 1. The Morgan fingerprint density at radius 3 is 3.05 bits per heavy atom. The Morgan fingerprint density at radius 1 is 1.52 bits per heavy atom. The first-order chi connectivity index (χ1) is 10.1. The van der Waals surface area contributed by atoms with Crippen LogP contribution in [0.1, 0.15) is 25.3 Å². The van der Waals surface area contributed by atoms with Crippen molar-refractivity contribution in [1.29, 1.82) is 0 Å². The zero-order valence-corrected chi connectivity index (χ0v) is 12.7. The predicted molar refractivity (Wildman–Crippen MR) is 83.0 cm³/mol. The molecular weight excluding hydrogens is 266 g/mol. The second kappa shape index (κ2) is 7.27. The zero-order chi connectivity index (χ0) is 15.2. The number of allylic oxidation sites excluding steroid dienone is 1. The normalized spacial score (nSPS) is 19.5. The number of carbonyl (C=O) groups is 1. The standard InChI is InChI=1S/C17H23NO3/c1-13(15-6-3-7-16(10-15)21-2)9-17(20)18-8-4-5-14(11-18)12-19/h3,6-7,9-10,14,19H,4-5,8,11-12H2,1-2H3/b13-9+. The Morgan fingerprint density at radius 2 is 2.33 bits per heavy atom. The van der Waals surface area contributed by atoms with Crippen LogP contribution in [0, 0.1) is 5.92 Å². The van der Waals surface area contributed by atoms with E-state index in [0.29, 0.717) is 6.54 Å². The van der Waals surface area contributed by atoms with E-state index in [2.05, 4.69) is 0 Å². The summed E-state index contributed by atoms with van der Waals surface area (Å²) < 4.78 is 5.20. The molecule has 4 heteroatoms. The van der Waals surface area contributed by atoms with Gasteiger partial charge in [-0.25, -0.2) is 0 Å². The van der Waals surface area contributed by atoms with Gasteiger partial charge in [-0.05, 0) is 49.0 Å². The number of methoxy groups -OCH3 is 1. The molecule has 0 saturated carbocycles. The van der Waals surface area contributed by atoms with Crippen LogP contribution in [0.3, 0.4) is 0 Å². The Hall–Kier alpha value is -1.81. The molecule has 1 aliphatic heterocycles. The van der Waals surface area contributed by atoms with Crippen LogP contribution >= 0.6 is 0 Å². The predicted octanol–water partition coefficient (Wildman–Crippen LogP) is 2.33. The van der Waals surface area contributed by atoms with Crippen LogP contribution < -0.4 is 4.74 Å². The summed E-state index contributed by atoms with van der Waals surface area (Å²) in [5, 5.41) is 9.24. The monoisotopic (exact) mass is 289 g/mol. The highest BCUT2D eigenvalue weighted by Gasteiger charge is 2.22. The number of hydrogen-bond acceptors (Lipinski definition) is 3. The van der Waals surface area contributed by atoms with Gasteiger partial charge in [0.25, 0.3) is 0 Å². The summed E-state index contributed by atoms with van der Waals surface area (Å²) in [4.78, 5) is 14.2. The second-order valence-electron chi connectivity index (χ2n) is 5.53. The van der Waals surface area contributed by atoms with Gasteiger partial charge in [-0.15, -0.1) is 0 Å². The van der Waals surface area contributed by atoms with Gasteiger partial charge in [-0.3, -0.25) is 4.79 Å². The molecule has 1 aliphatic rings. The van der Waals surface area contributed by atoms with E-state index in [1.54, 1.807) is 13.2 Å². The zero-order valence-electron chi connectivity index (χ0n) is 12.7. The number of hydrogen-bond donors (Lipinski definition) is 1. The minimum atomic E-state index is 0.0217. The van der Waals surface area contributed by atoms with Gasteiger partial charge >= 0.3 is 0 Å². The van der Waals surface area contributed by atoms with Crippen molar-refractivity contribution in [3.8, 4) is 5.75 Å². The first-order valence-corrected chi connectivity index (χ1v) is 7.36. The summed E-state index contributed by atoms with van der Waals surface area (Å²) in [6, 6.07) is 7.69. The SMILES string of the molecule is COc1cccc(/C(C)=C/C(=O)N2CCCC(CO)C2)c1. The van der Waals surface area contributed by atoms with Gasteiger partial charge in [0.1, 0.15) is 5.75 Å². The maximum Gasteiger partial charge on any atom is 0.246 e. The average molecular weight is 289 g/mol. The van der Waals surface area contributed by atoms with Gasteiger partial charge in [0, 0.05) is 25.8 Å². The van der Waals surface area contributed by atoms with Crippen LogP contribution in [0.4, 0.5) is 0 Å².